The normalized spacial score (nSPS) is 14.8. The first-order valence-electron chi connectivity index (χ1n) is 12.8. The van der Waals surface area contributed by atoms with Gasteiger partial charge < -0.3 is 20.1 Å². The Morgan fingerprint density at radius 2 is 2.03 bits per heavy atom. The number of fused-ring (bicyclic) bond motifs is 1. The summed E-state index contributed by atoms with van der Waals surface area (Å²) in [4.78, 5) is 18.5. The Morgan fingerprint density at radius 1 is 1.24 bits per heavy atom. The van der Waals surface area contributed by atoms with Gasteiger partial charge in [0.05, 0.1) is 22.8 Å². The van der Waals surface area contributed by atoms with Crippen LogP contribution in [0.2, 0.25) is 0 Å². The van der Waals surface area contributed by atoms with Gasteiger partial charge in [0.15, 0.2) is 11.5 Å². The lowest BCUT2D eigenvalue weighted by Gasteiger charge is -2.29. The van der Waals surface area contributed by atoms with Gasteiger partial charge in [0.2, 0.25) is 11.1 Å². The molecule has 0 saturated carbocycles. The molecule has 1 unspecified atom stereocenters. The van der Waals surface area contributed by atoms with Crippen LogP contribution >= 0.6 is 27.7 Å². The highest BCUT2D eigenvalue weighted by molar-refractivity contribution is 9.10. The topological polar surface area (TPSA) is 90.3 Å². The lowest BCUT2D eigenvalue weighted by Crippen LogP contribution is -2.31. The van der Waals surface area contributed by atoms with Crippen LogP contribution in [-0.2, 0) is 4.79 Å². The number of allylic oxidation sites excluding steroid dienone is 1. The lowest BCUT2D eigenvalue weighted by molar-refractivity contribution is -0.113. The number of benzene rings is 2. The lowest BCUT2D eigenvalue weighted by atomic mass is 9.94. The number of hydrogen-bond donors (Lipinski definition) is 2. The van der Waals surface area contributed by atoms with E-state index in [1.54, 1.807) is 16.4 Å². The molecule has 0 saturated heterocycles. The van der Waals surface area contributed by atoms with Crippen LogP contribution in [-0.4, -0.2) is 39.1 Å². The van der Waals surface area contributed by atoms with E-state index in [0.29, 0.717) is 40.5 Å². The molecule has 8 nitrogen and oxygen atoms in total. The van der Waals surface area contributed by atoms with Crippen molar-refractivity contribution < 1.29 is 14.3 Å². The molecule has 0 spiro atoms. The predicted octanol–water partition coefficient (Wildman–Crippen LogP) is 6.96. The van der Waals surface area contributed by atoms with Gasteiger partial charge in [0, 0.05) is 17.1 Å². The van der Waals surface area contributed by atoms with Crippen molar-refractivity contribution in [1.82, 2.24) is 14.8 Å². The highest BCUT2D eigenvalue weighted by Gasteiger charge is 2.35. The highest BCUT2D eigenvalue weighted by atomic mass is 79.9. The summed E-state index contributed by atoms with van der Waals surface area (Å²) < 4.78 is 14.6. The van der Waals surface area contributed by atoms with E-state index in [1.165, 1.54) is 0 Å². The number of carbonyl (C=O) groups is 1. The van der Waals surface area contributed by atoms with E-state index in [2.05, 4.69) is 33.5 Å². The quantitative estimate of drug-likeness (QED) is 0.243. The highest BCUT2D eigenvalue weighted by Crippen LogP contribution is 2.43. The SMILES string of the molecule is CCCSc1nc2n(n1)C(c1cc(Br)c(OC(C)C)c(OCC)c1)C(C(=O)Nc1cccc(C)c1)=C(C)N2. The molecule has 2 aromatic carbocycles. The average Bonchev–Trinajstić information content (AvgIpc) is 3.26. The van der Waals surface area contributed by atoms with Gasteiger partial charge >= 0.3 is 0 Å². The number of aromatic nitrogens is 3. The number of nitrogens with one attached hydrogen (secondary N) is 2. The molecule has 4 rings (SSSR count). The van der Waals surface area contributed by atoms with Crippen LogP contribution in [0.25, 0.3) is 0 Å². The maximum atomic E-state index is 13.8. The van der Waals surface area contributed by atoms with Crippen molar-refractivity contribution in [3.05, 3.63) is 63.3 Å². The van der Waals surface area contributed by atoms with E-state index in [0.717, 1.165) is 33.5 Å². The molecule has 1 amide bonds. The van der Waals surface area contributed by atoms with Gasteiger partial charge in [0.25, 0.3) is 5.91 Å². The summed E-state index contributed by atoms with van der Waals surface area (Å²) in [5, 5.41) is 11.9. The maximum Gasteiger partial charge on any atom is 0.255 e. The molecule has 38 heavy (non-hydrogen) atoms. The number of halogens is 1. The second-order valence-corrected chi connectivity index (χ2v) is 11.2. The number of hydrogen-bond acceptors (Lipinski definition) is 7. The van der Waals surface area contributed by atoms with Gasteiger partial charge in [-0.15, -0.1) is 5.10 Å². The van der Waals surface area contributed by atoms with E-state index in [1.807, 2.05) is 71.0 Å². The van der Waals surface area contributed by atoms with Crippen LogP contribution in [0, 0.1) is 6.92 Å². The van der Waals surface area contributed by atoms with E-state index >= 15 is 0 Å². The van der Waals surface area contributed by atoms with Crippen molar-refractivity contribution in [1.29, 1.82) is 0 Å². The maximum absolute atomic E-state index is 13.8. The summed E-state index contributed by atoms with van der Waals surface area (Å²) in [6, 6.07) is 11.1. The van der Waals surface area contributed by atoms with Gasteiger partial charge in [-0.2, -0.15) is 4.98 Å². The zero-order chi connectivity index (χ0) is 27.4. The van der Waals surface area contributed by atoms with Gasteiger partial charge in [-0.05, 0) is 92.4 Å². The molecule has 10 heteroatoms. The third-order valence-electron chi connectivity index (χ3n) is 5.79. The fourth-order valence-corrected chi connectivity index (χ4v) is 5.50. The summed E-state index contributed by atoms with van der Waals surface area (Å²) in [7, 11) is 0. The number of nitrogens with zero attached hydrogens (tertiary/aromatic N) is 3. The smallest absolute Gasteiger partial charge is 0.255 e. The molecule has 2 N–H and O–H groups in total. The molecule has 0 fully saturated rings. The van der Waals surface area contributed by atoms with E-state index in [-0.39, 0.29) is 12.0 Å². The molecule has 2 heterocycles. The third kappa shape index (κ3) is 6.18. The Labute approximate surface area is 236 Å². The molecule has 0 aliphatic carbocycles. The van der Waals surface area contributed by atoms with Crippen LogP contribution in [0.5, 0.6) is 11.5 Å². The largest absolute Gasteiger partial charge is 0.490 e. The number of aryl methyl sites for hydroxylation is 1. The van der Waals surface area contributed by atoms with Crippen molar-refractivity contribution in [2.45, 2.75) is 65.3 Å². The second kappa shape index (κ2) is 12.3. The van der Waals surface area contributed by atoms with Crippen LogP contribution in [0.4, 0.5) is 11.6 Å². The van der Waals surface area contributed by atoms with Crippen molar-refractivity contribution in [3.8, 4) is 11.5 Å². The minimum absolute atomic E-state index is 0.0342. The van der Waals surface area contributed by atoms with E-state index in [9.17, 15) is 4.79 Å². The first-order chi connectivity index (χ1) is 18.2. The first-order valence-corrected chi connectivity index (χ1v) is 14.6. The number of carbonyl (C=O) groups excluding carboxylic acids is 1. The van der Waals surface area contributed by atoms with Crippen molar-refractivity contribution >= 4 is 45.2 Å². The van der Waals surface area contributed by atoms with Crippen molar-refractivity contribution in [2.75, 3.05) is 23.0 Å². The minimum Gasteiger partial charge on any atom is -0.490 e. The van der Waals surface area contributed by atoms with Crippen molar-refractivity contribution in [3.63, 3.8) is 0 Å². The fourth-order valence-electron chi connectivity index (χ4n) is 4.27. The minimum atomic E-state index is -0.539. The zero-order valence-electron chi connectivity index (χ0n) is 22.6. The standard InChI is InChI=1S/C28H34BrN5O3S/c1-7-12-38-28-32-27-30-18(6)23(26(35)31-20-11-9-10-17(5)13-20)24(34(27)33-28)19-14-21(29)25(37-16(3)4)22(15-19)36-8-2/h9-11,13-16,24H,7-8,12H2,1-6H3,(H,31,35)(H,30,32,33). The molecule has 1 aromatic heterocycles. The summed E-state index contributed by atoms with van der Waals surface area (Å²) in [6.07, 6.45) is 0.975. The Balaban J connectivity index is 1.84. The Kier molecular flexibility index (Phi) is 9.04. The molecular weight excluding hydrogens is 566 g/mol. The summed E-state index contributed by atoms with van der Waals surface area (Å²) >= 11 is 5.28. The van der Waals surface area contributed by atoms with Crippen LogP contribution in [0.3, 0.4) is 0 Å². The average molecular weight is 601 g/mol. The zero-order valence-corrected chi connectivity index (χ0v) is 25.0. The van der Waals surface area contributed by atoms with E-state index < -0.39 is 6.04 Å². The summed E-state index contributed by atoms with van der Waals surface area (Å²) in [6.45, 7) is 12.4. The van der Waals surface area contributed by atoms with Crippen LogP contribution < -0.4 is 20.1 Å². The number of ether oxygens (including phenoxy) is 2. The molecule has 0 bridgehead atoms. The molecule has 1 aliphatic heterocycles. The fraction of sp³-hybridized carbons (Fsp3) is 0.393. The Morgan fingerprint density at radius 3 is 2.71 bits per heavy atom. The summed E-state index contributed by atoms with van der Waals surface area (Å²) in [5.74, 6) is 2.51. The van der Waals surface area contributed by atoms with Gasteiger partial charge in [-0.25, -0.2) is 4.68 Å². The number of thioether (sulfide) groups is 1. The number of rotatable bonds is 10. The molecule has 1 aliphatic rings. The third-order valence-corrected chi connectivity index (χ3v) is 7.42. The first kappa shape index (κ1) is 28.0. The number of amides is 1. The van der Waals surface area contributed by atoms with Gasteiger partial charge in [-0.1, -0.05) is 30.8 Å². The van der Waals surface area contributed by atoms with Crippen LogP contribution in [0.15, 0.2) is 57.3 Å². The monoisotopic (exact) mass is 599 g/mol. The summed E-state index contributed by atoms with van der Waals surface area (Å²) in [5.41, 5.74) is 3.87. The van der Waals surface area contributed by atoms with Crippen molar-refractivity contribution in [2.24, 2.45) is 0 Å². The number of anilines is 2. The van der Waals surface area contributed by atoms with Crippen LogP contribution in [0.1, 0.15) is 58.2 Å². The molecule has 202 valence electrons. The molecule has 3 aromatic rings. The second-order valence-electron chi connectivity index (χ2n) is 9.33. The Bertz CT molecular complexity index is 1350. The molecular formula is C28H34BrN5O3S. The van der Waals surface area contributed by atoms with Gasteiger partial charge in [0.1, 0.15) is 6.04 Å². The molecule has 0 radical (unpaired) electrons. The predicted molar refractivity (Wildman–Crippen MR) is 156 cm³/mol. The van der Waals surface area contributed by atoms with Gasteiger partial charge in [-0.3, -0.25) is 4.79 Å². The van der Waals surface area contributed by atoms with E-state index in [4.69, 9.17) is 19.6 Å². The molecule has 1 atom stereocenters. The Hall–Kier alpha value is -2.98.